The molecule has 2 aromatic carbocycles. The molecule has 10 heteroatoms. The highest BCUT2D eigenvalue weighted by Crippen LogP contribution is 2.17. The van der Waals surface area contributed by atoms with E-state index in [1.165, 1.54) is 31.4 Å². The number of urea groups is 1. The van der Waals surface area contributed by atoms with Crippen molar-refractivity contribution in [1.29, 1.82) is 0 Å². The van der Waals surface area contributed by atoms with Crippen LogP contribution in [0.15, 0.2) is 48.5 Å². The lowest BCUT2D eigenvalue weighted by molar-refractivity contribution is -0.119. The van der Waals surface area contributed by atoms with Gasteiger partial charge < -0.3 is 14.8 Å². The summed E-state index contributed by atoms with van der Waals surface area (Å²) in [6.07, 6.45) is 0. The fourth-order valence-electron chi connectivity index (χ4n) is 2.47. The summed E-state index contributed by atoms with van der Waals surface area (Å²) in [6.45, 7) is -0.465. The van der Waals surface area contributed by atoms with Crippen molar-refractivity contribution in [3.63, 3.8) is 0 Å². The molecule has 1 saturated heterocycles. The molecule has 3 rings (SSSR count). The van der Waals surface area contributed by atoms with Gasteiger partial charge in [-0.1, -0.05) is 6.07 Å². The summed E-state index contributed by atoms with van der Waals surface area (Å²) in [5.74, 6) is -0.405. The second-order valence-electron chi connectivity index (χ2n) is 5.97. The number of anilines is 1. The maximum atomic E-state index is 12.1. The first-order valence-electron chi connectivity index (χ1n) is 8.53. The van der Waals surface area contributed by atoms with E-state index in [4.69, 9.17) is 9.47 Å². The number of hydrazine groups is 1. The molecule has 5 amide bonds. The molecule has 1 aliphatic heterocycles. The molecule has 0 aliphatic carbocycles. The van der Waals surface area contributed by atoms with Crippen LogP contribution < -0.4 is 25.5 Å². The number of hydrogen-bond donors (Lipinski definition) is 3. The normalized spacial score (nSPS) is 12.9. The molecule has 1 fully saturated rings. The van der Waals surface area contributed by atoms with E-state index in [2.05, 4.69) is 16.1 Å². The van der Waals surface area contributed by atoms with Crippen LogP contribution in [0.1, 0.15) is 10.4 Å². The lowest BCUT2D eigenvalue weighted by Gasteiger charge is -2.14. The first kappa shape index (κ1) is 19.7. The minimum Gasteiger partial charge on any atom is -0.497 e. The van der Waals surface area contributed by atoms with Crippen molar-refractivity contribution >= 4 is 29.4 Å². The van der Waals surface area contributed by atoms with E-state index in [9.17, 15) is 19.2 Å². The lowest BCUT2D eigenvalue weighted by atomic mass is 10.2. The highest BCUT2D eigenvalue weighted by molar-refractivity contribution is 6.04. The number of hydrogen-bond acceptors (Lipinski definition) is 6. The number of nitrogens with one attached hydrogen (secondary N) is 3. The molecule has 0 radical (unpaired) electrons. The van der Waals surface area contributed by atoms with E-state index < -0.39 is 17.8 Å². The third-order valence-electron chi connectivity index (χ3n) is 3.87. The second-order valence-corrected chi connectivity index (χ2v) is 5.97. The molecule has 2 aromatic rings. The number of carbonyl (C=O) groups is 4. The molecule has 0 spiro atoms. The van der Waals surface area contributed by atoms with Crippen LogP contribution in [-0.2, 0) is 9.59 Å². The predicted octanol–water partition coefficient (Wildman–Crippen LogP) is 0.909. The van der Waals surface area contributed by atoms with Crippen LogP contribution in [0.25, 0.3) is 0 Å². The molecule has 150 valence electrons. The van der Waals surface area contributed by atoms with Crippen LogP contribution in [-0.4, -0.2) is 49.0 Å². The molecule has 0 atom stereocenters. The van der Waals surface area contributed by atoms with Gasteiger partial charge in [0.05, 0.1) is 7.11 Å². The van der Waals surface area contributed by atoms with Gasteiger partial charge in [-0.3, -0.25) is 25.1 Å². The molecule has 0 unspecified atom stereocenters. The Hall–Kier alpha value is -4.08. The molecule has 10 nitrogen and oxygen atoms in total. The highest BCUT2D eigenvalue weighted by atomic mass is 16.5. The Kier molecular flexibility index (Phi) is 5.93. The highest BCUT2D eigenvalue weighted by Gasteiger charge is 2.28. The summed E-state index contributed by atoms with van der Waals surface area (Å²) in [6, 6.07) is 12.2. The monoisotopic (exact) mass is 398 g/mol. The number of nitrogens with zero attached hydrogens (tertiary/aromatic N) is 1. The van der Waals surface area contributed by atoms with Crippen LogP contribution >= 0.6 is 0 Å². The van der Waals surface area contributed by atoms with Crippen molar-refractivity contribution in [1.82, 2.24) is 15.8 Å². The van der Waals surface area contributed by atoms with Gasteiger partial charge in [0.1, 0.15) is 18.0 Å². The number of carbonyl (C=O) groups excluding carboxylic acids is 4. The zero-order chi connectivity index (χ0) is 20.8. The predicted molar refractivity (Wildman–Crippen MR) is 101 cm³/mol. The Morgan fingerprint density at radius 2 is 1.86 bits per heavy atom. The van der Waals surface area contributed by atoms with Gasteiger partial charge in [0.15, 0.2) is 6.61 Å². The van der Waals surface area contributed by atoms with Crippen molar-refractivity contribution in [2.45, 2.75) is 0 Å². The van der Waals surface area contributed by atoms with E-state index in [1.54, 1.807) is 24.3 Å². The van der Waals surface area contributed by atoms with Gasteiger partial charge in [-0.15, -0.1) is 0 Å². The first-order chi connectivity index (χ1) is 13.9. The average Bonchev–Trinajstić information content (AvgIpc) is 3.03. The number of imide groups is 1. The molecule has 0 saturated carbocycles. The average molecular weight is 398 g/mol. The Labute approximate surface area is 165 Å². The smallest absolute Gasteiger partial charge is 0.343 e. The summed E-state index contributed by atoms with van der Waals surface area (Å²) >= 11 is 0. The summed E-state index contributed by atoms with van der Waals surface area (Å²) in [4.78, 5) is 46.7. The minimum absolute atomic E-state index is 0.223. The lowest BCUT2D eigenvalue weighted by Crippen LogP contribution is -2.44. The van der Waals surface area contributed by atoms with Gasteiger partial charge in [-0.25, -0.2) is 9.80 Å². The zero-order valence-corrected chi connectivity index (χ0v) is 15.4. The van der Waals surface area contributed by atoms with E-state index in [1.807, 2.05) is 0 Å². The number of amides is 5. The fraction of sp³-hybridized carbons (Fsp3) is 0.158. The molecular weight excluding hydrogens is 380 g/mol. The van der Waals surface area contributed by atoms with Crippen molar-refractivity contribution in [2.75, 3.05) is 25.6 Å². The van der Waals surface area contributed by atoms with Crippen LogP contribution in [0.4, 0.5) is 10.5 Å². The molecule has 29 heavy (non-hydrogen) atoms. The van der Waals surface area contributed by atoms with Gasteiger partial charge in [0.2, 0.25) is 5.91 Å². The number of benzene rings is 2. The van der Waals surface area contributed by atoms with Gasteiger partial charge in [-0.05, 0) is 36.4 Å². The van der Waals surface area contributed by atoms with E-state index in [0.717, 1.165) is 5.01 Å². The van der Waals surface area contributed by atoms with Crippen molar-refractivity contribution in [3.8, 4) is 11.5 Å². The summed E-state index contributed by atoms with van der Waals surface area (Å²) < 4.78 is 10.5. The van der Waals surface area contributed by atoms with Crippen LogP contribution in [0.3, 0.4) is 0 Å². The van der Waals surface area contributed by atoms with Crippen molar-refractivity contribution in [3.05, 3.63) is 54.1 Å². The van der Waals surface area contributed by atoms with E-state index in [-0.39, 0.29) is 24.6 Å². The topological polar surface area (TPSA) is 126 Å². The number of ether oxygens (including phenoxy) is 2. The largest absolute Gasteiger partial charge is 0.497 e. The van der Waals surface area contributed by atoms with Crippen molar-refractivity contribution < 1.29 is 28.7 Å². The Morgan fingerprint density at radius 1 is 1.10 bits per heavy atom. The third kappa shape index (κ3) is 5.22. The van der Waals surface area contributed by atoms with Crippen LogP contribution in [0.5, 0.6) is 11.5 Å². The molecule has 1 aliphatic rings. The van der Waals surface area contributed by atoms with E-state index in [0.29, 0.717) is 17.2 Å². The molecule has 1 heterocycles. The second kappa shape index (κ2) is 8.74. The number of methoxy groups -OCH3 is 1. The molecule has 0 aromatic heterocycles. The summed E-state index contributed by atoms with van der Waals surface area (Å²) in [5.41, 5.74) is 3.16. The van der Waals surface area contributed by atoms with Crippen molar-refractivity contribution in [2.24, 2.45) is 0 Å². The molecule has 3 N–H and O–H groups in total. The number of rotatable bonds is 7. The van der Waals surface area contributed by atoms with Gasteiger partial charge >= 0.3 is 6.03 Å². The van der Waals surface area contributed by atoms with Crippen LogP contribution in [0, 0.1) is 0 Å². The zero-order valence-electron chi connectivity index (χ0n) is 15.4. The quantitative estimate of drug-likeness (QED) is 0.595. The van der Waals surface area contributed by atoms with E-state index >= 15 is 0 Å². The van der Waals surface area contributed by atoms with Gasteiger partial charge in [0.25, 0.3) is 11.8 Å². The minimum atomic E-state index is -0.689. The molecule has 0 bridgehead atoms. The summed E-state index contributed by atoms with van der Waals surface area (Å²) in [5, 5.41) is 5.62. The Bertz CT molecular complexity index is 944. The fourth-order valence-corrected chi connectivity index (χ4v) is 2.47. The Morgan fingerprint density at radius 3 is 2.52 bits per heavy atom. The van der Waals surface area contributed by atoms with Gasteiger partial charge in [0, 0.05) is 17.3 Å². The maximum absolute atomic E-state index is 12.1. The maximum Gasteiger partial charge on any atom is 0.343 e. The Balaban J connectivity index is 1.49. The summed E-state index contributed by atoms with van der Waals surface area (Å²) in [7, 11) is 1.54. The van der Waals surface area contributed by atoms with Gasteiger partial charge in [-0.2, -0.15) is 0 Å². The SMILES string of the molecule is COc1cccc(NC(=O)COc2ccc(C(=O)NN3CC(=O)NC3=O)cc2)c1. The molecular formula is C19H18N4O6. The first-order valence-corrected chi connectivity index (χ1v) is 8.53. The standard InChI is InChI=1S/C19H18N4O6/c1-28-15-4-2-3-13(9-15)20-17(25)11-29-14-7-5-12(6-8-14)18(26)22-23-10-16(24)21-19(23)27/h2-9H,10-11H2,1H3,(H,20,25)(H,22,26)(H,21,24,27). The third-order valence-corrected chi connectivity index (χ3v) is 3.87. The van der Waals surface area contributed by atoms with Crippen LogP contribution in [0.2, 0.25) is 0 Å².